The molecule has 0 aromatic heterocycles. The zero-order valence-corrected chi connectivity index (χ0v) is 10.3. The fourth-order valence-electron chi connectivity index (χ4n) is 2.12. The Hall–Kier alpha value is -0.130. The SMILES string of the molecule is CCCN(CCCN)C1CCS(=O)(=O)C1. The maximum absolute atomic E-state index is 11.4. The molecule has 1 fully saturated rings. The van der Waals surface area contributed by atoms with Crippen molar-refractivity contribution in [2.75, 3.05) is 31.1 Å². The van der Waals surface area contributed by atoms with Gasteiger partial charge in [0, 0.05) is 6.04 Å². The van der Waals surface area contributed by atoms with E-state index in [1.165, 1.54) is 0 Å². The molecule has 90 valence electrons. The second-order valence-electron chi connectivity index (χ2n) is 4.24. The molecule has 0 spiro atoms. The topological polar surface area (TPSA) is 63.4 Å². The molecular formula is C10H22N2O2S. The maximum Gasteiger partial charge on any atom is 0.151 e. The molecule has 1 unspecified atom stereocenters. The van der Waals surface area contributed by atoms with Crippen molar-refractivity contribution in [1.29, 1.82) is 0 Å². The van der Waals surface area contributed by atoms with Crippen LogP contribution in [-0.4, -0.2) is 50.5 Å². The molecule has 0 aliphatic carbocycles. The van der Waals surface area contributed by atoms with Gasteiger partial charge in [-0.05, 0) is 38.9 Å². The third-order valence-corrected chi connectivity index (χ3v) is 4.64. The van der Waals surface area contributed by atoms with Gasteiger partial charge in [-0.3, -0.25) is 4.90 Å². The van der Waals surface area contributed by atoms with E-state index in [0.717, 1.165) is 32.4 Å². The van der Waals surface area contributed by atoms with E-state index >= 15 is 0 Å². The van der Waals surface area contributed by atoms with Crippen LogP contribution in [0.15, 0.2) is 0 Å². The molecule has 4 nitrogen and oxygen atoms in total. The van der Waals surface area contributed by atoms with Gasteiger partial charge in [-0.15, -0.1) is 0 Å². The summed E-state index contributed by atoms with van der Waals surface area (Å²) in [6.45, 7) is 4.73. The molecule has 1 rings (SSSR count). The highest BCUT2D eigenvalue weighted by atomic mass is 32.2. The Labute approximate surface area is 92.7 Å². The highest BCUT2D eigenvalue weighted by Crippen LogP contribution is 2.18. The summed E-state index contributed by atoms with van der Waals surface area (Å²) < 4.78 is 22.7. The van der Waals surface area contributed by atoms with Crippen LogP contribution in [0, 0.1) is 0 Å². The normalized spacial score (nSPS) is 24.9. The van der Waals surface area contributed by atoms with Gasteiger partial charge in [0.2, 0.25) is 0 Å². The molecule has 2 N–H and O–H groups in total. The molecule has 0 amide bonds. The van der Waals surface area contributed by atoms with Crippen molar-refractivity contribution in [2.24, 2.45) is 5.73 Å². The first kappa shape index (κ1) is 12.9. The predicted octanol–water partition coefficient (Wildman–Crippen LogP) is 0.234. The first-order valence-corrected chi connectivity index (χ1v) is 7.55. The molecule has 1 atom stereocenters. The molecule has 1 saturated heterocycles. The summed E-state index contributed by atoms with van der Waals surface area (Å²) in [6.07, 6.45) is 2.82. The average Bonchev–Trinajstić information content (AvgIpc) is 2.53. The molecule has 1 aliphatic rings. The Morgan fingerprint density at radius 2 is 2.13 bits per heavy atom. The fraction of sp³-hybridized carbons (Fsp3) is 1.00. The molecule has 0 aromatic rings. The molecule has 5 heteroatoms. The van der Waals surface area contributed by atoms with E-state index in [4.69, 9.17) is 5.73 Å². The number of hydrogen-bond acceptors (Lipinski definition) is 4. The molecule has 0 aromatic carbocycles. The lowest BCUT2D eigenvalue weighted by Crippen LogP contribution is -2.38. The van der Waals surface area contributed by atoms with Crippen molar-refractivity contribution < 1.29 is 8.42 Å². The zero-order valence-electron chi connectivity index (χ0n) is 9.48. The van der Waals surface area contributed by atoms with Crippen LogP contribution in [0.5, 0.6) is 0 Å². The van der Waals surface area contributed by atoms with Crippen LogP contribution >= 0.6 is 0 Å². The summed E-state index contributed by atoms with van der Waals surface area (Å²) >= 11 is 0. The summed E-state index contributed by atoms with van der Waals surface area (Å²) in [5.74, 6) is 0.706. The van der Waals surface area contributed by atoms with Crippen LogP contribution < -0.4 is 5.73 Å². The van der Waals surface area contributed by atoms with Gasteiger partial charge in [-0.25, -0.2) is 8.42 Å². The lowest BCUT2D eigenvalue weighted by atomic mass is 10.2. The highest BCUT2D eigenvalue weighted by molar-refractivity contribution is 7.91. The Bertz CT molecular complexity index is 277. The van der Waals surface area contributed by atoms with Gasteiger partial charge in [0.25, 0.3) is 0 Å². The molecule has 0 bridgehead atoms. The van der Waals surface area contributed by atoms with E-state index < -0.39 is 9.84 Å². The van der Waals surface area contributed by atoms with E-state index in [1.807, 2.05) is 0 Å². The van der Waals surface area contributed by atoms with Crippen LogP contribution in [-0.2, 0) is 9.84 Å². The number of sulfone groups is 1. The van der Waals surface area contributed by atoms with Crippen molar-refractivity contribution in [1.82, 2.24) is 4.90 Å². The van der Waals surface area contributed by atoms with Gasteiger partial charge in [0.1, 0.15) is 0 Å². The van der Waals surface area contributed by atoms with Gasteiger partial charge in [0.15, 0.2) is 9.84 Å². The van der Waals surface area contributed by atoms with Gasteiger partial charge in [-0.2, -0.15) is 0 Å². The molecule has 0 saturated carbocycles. The third kappa shape index (κ3) is 4.09. The molecular weight excluding hydrogens is 212 g/mol. The van der Waals surface area contributed by atoms with E-state index in [-0.39, 0.29) is 6.04 Å². The van der Waals surface area contributed by atoms with Crippen LogP contribution in [0.4, 0.5) is 0 Å². The van der Waals surface area contributed by atoms with Crippen LogP contribution in [0.3, 0.4) is 0 Å². The standard InChI is InChI=1S/C10H22N2O2S/c1-2-6-12(7-3-5-11)10-4-8-15(13,14)9-10/h10H,2-9,11H2,1H3. The van der Waals surface area contributed by atoms with Crippen molar-refractivity contribution >= 4 is 9.84 Å². The minimum Gasteiger partial charge on any atom is -0.330 e. The largest absolute Gasteiger partial charge is 0.330 e. The molecule has 0 radical (unpaired) electrons. The minimum absolute atomic E-state index is 0.237. The number of nitrogens with two attached hydrogens (primary N) is 1. The second-order valence-corrected chi connectivity index (χ2v) is 6.46. The number of rotatable bonds is 6. The Kier molecular flexibility index (Phi) is 5.02. The van der Waals surface area contributed by atoms with Crippen molar-refractivity contribution in [3.63, 3.8) is 0 Å². The van der Waals surface area contributed by atoms with E-state index in [2.05, 4.69) is 11.8 Å². The first-order chi connectivity index (χ1) is 7.09. The fourth-order valence-corrected chi connectivity index (χ4v) is 3.88. The first-order valence-electron chi connectivity index (χ1n) is 5.73. The van der Waals surface area contributed by atoms with Crippen LogP contribution in [0.1, 0.15) is 26.2 Å². The number of nitrogens with zero attached hydrogens (tertiary/aromatic N) is 1. The Morgan fingerprint density at radius 1 is 1.40 bits per heavy atom. The van der Waals surface area contributed by atoms with Crippen LogP contribution in [0.25, 0.3) is 0 Å². The molecule has 15 heavy (non-hydrogen) atoms. The summed E-state index contributed by atoms with van der Waals surface area (Å²) in [4.78, 5) is 2.29. The van der Waals surface area contributed by atoms with Gasteiger partial charge < -0.3 is 5.73 Å². The summed E-state index contributed by atoms with van der Waals surface area (Å²) in [6, 6.07) is 0.237. The van der Waals surface area contributed by atoms with E-state index in [1.54, 1.807) is 0 Å². The Balaban J connectivity index is 2.49. The second kappa shape index (κ2) is 5.82. The quantitative estimate of drug-likeness (QED) is 0.715. The van der Waals surface area contributed by atoms with Gasteiger partial charge in [-0.1, -0.05) is 6.92 Å². The van der Waals surface area contributed by atoms with Gasteiger partial charge in [0.05, 0.1) is 11.5 Å². The summed E-state index contributed by atoms with van der Waals surface area (Å²) in [5.41, 5.74) is 5.48. The highest BCUT2D eigenvalue weighted by Gasteiger charge is 2.31. The van der Waals surface area contributed by atoms with Crippen LogP contribution in [0.2, 0.25) is 0 Å². The summed E-state index contributed by atoms with van der Waals surface area (Å²) in [5, 5.41) is 0. The van der Waals surface area contributed by atoms with Crippen molar-refractivity contribution in [3.8, 4) is 0 Å². The summed E-state index contributed by atoms with van der Waals surface area (Å²) in [7, 11) is -2.76. The average molecular weight is 234 g/mol. The zero-order chi connectivity index (χ0) is 11.3. The predicted molar refractivity (Wildman–Crippen MR) is 62.6 cm³/mol. The van der Waals surface area contributed by atoms with E-state index in [0.29, 0.717) is 18.1 Å². The van der Waals surface area contributed by atoms with Gasteiger partial charge >= 0.3 is 0 Å². The van der Waals surface area contributed by atoms with Crippen molar-refractivity contribution in [3.05, 3.63) is 0 Å². The number of hydrogen-bond donors (Lipinski definition) is 1. The van der Waals surface area contributed by atoms with E-state index in [9.17, 15) is 8.42 Å². The third-order valence-electron chi connectivity index (χ3n) is 2.89. The minimum atomic E-state index is -2.76. The lowest BCUT2D eigenvalue weighted by Gasteiger charge is -2.27. The maximum atomic E-state index is 11.4. The molecule has 1 aliphatic heterocycles. The monoisotopic (exact) mass is 234 g/mol. The van der Waals surface area contributed by atoms with Crippen molar-refractivity contribution in [2.45, 2.75) is 32.2 Å². The lowest BCUT2D eigenvalue weighted by molar-refractivity contribution is 0.211. The Morgan fingerprint density at radius 3 is 2.60 bits per heavy atom. The smallest absolute Gasteiger partial charge is 0.151 e. The molecule has 1 heterocycles.